The van der Waals surface area contributed by atoms with E-state index in [1.54, 1.807) is 7.11 Å². The molecule has 2 heterocycles. The van der Waals surface area contributed by atoms with Gasteiger partial charge in [0.2, 0.25) is 0 Å². The molecule has 1 aliphatic heterocycles. The summed E-state index contributed by atoms with van der Waals surface area (Å²) in [4.78, 5) is 4.41. The number of aromatic nitrogens is 2. The van der Waals surface area contributed by atoms with Crippen molar-refractivity contribution in [1.29, 1.82) is 0 Å². The van der Waals surface area contributed by atoms with Crippen LogP contribution in [0.1, 0.15) is 43.1 Å². The van der Waals surface area contributed by atoms with Gasteiger partial charge in [-0.2, -0.15) is 4.98 Å². The van der Waals surface area contributed by atoms with E-state index in [1.165, 1.54) is 0 Å². The minimum absolute atomic E-state index is 0.0585. The predicted octanol–water partition coefficient (Wildman–Crippen LogP) is 3.17. The van der Waals surface area contributed by atoms with E-state index in [4.69, 9.17) is 18.7 Å². The lowest BCUT2D eigenvalue weighted by atomic mass is 10.2. The lowest BCUT2D eigenvalue weighted by Gasteiger charge is -2.15. The first-order chi connectivity index (χ1) is 12.7. The normalized spacial score (nSPS) is 16.6. The zero-order valence-corrected chi connectivity index (χ0v) is 15.3. The summed E-state index contributed by atoms with van der Waals surface area (Å²) >= 11 is 0. The van der Waals surface area contributed by atoms with Gasteiger partial charge in [0, 0.05) is 18.7 Å². The topological polar surface area (TPSA) is 78.6 Å². The molecule has 1 aromatic heterocycles. The Kier molecular flexibility index (Phi) is 6.25. The third kappa shape index (κ3) is 4.62. The molecule has 7 heteroatoms. The maximum atomic E-state index is 5.86. The van der Waals surface area contributed by atoms with E-state index in [0.29, 0.717) is 37.2 Å². The first-order valence-corrected chi connectivity index (χ1v) is 8.75. The summed E-state index contributed by atoms with van der Waals surface area (Å²) in [5.74, 6) is 2.60. The van der Waals surface area contributed by atoms with Gasteiger partial charge >= 0.3 is 0 Å². The van der Waals surface area contributed by atoms with Gasteiger partial charge in [-0.1, -0.05) is 23.9 Å². The summed E-state index contributed by atoms with van der Waals surface area (Å²) < 4.78 is 22.1. The molecule has 0 spiro atoms. The standard InChI is InChI=1S/C19H25N3O4/c1-13(2)12-25-18-14(6-4-7-15(18)23-3)10-20-11-17-21-19(26-22-17)16-8-5-9-24-16/h4,6-7,16,20H,1,5,8-12H2,2-3H3. The molecule has 1 N–H and O–H groups in total. The Morgan fingerprint density at radius 1 is 1.38 bits per heavy atom. The maximum Gasteiger partial charge on any atom is 0.255 e. The van der Waals surface area contributed by atoms with E-state index in [1.807, 2.05) is 25.1 Å². The predicted molar refractivity (Wildman–Crippen MR) is 96.1 cm³/mol. The average molecular weight is 359 g/mol. The summed E-state index contributed by atoms with van der Waals surface area (Å²) in [7, 11) is 1.63. The highest BCUT2D eigenvalue weighted by Crippen LogP contribution is 2.31. The van der Waals surface area contributed by atoms with Crippen LogP contribution in [0.25, 0.3) is 0 Å². The number of methoxy groups -OCH3 is 1. The summed E-state index contributed by atoms with van der Waals surface area (Å²) in [6.45, 7) is 8.08. The average Bonchev–Trinajstić information content (AvgIpc) is 3.31. The van der Waals surface area contributed by atoms with Crippen molar-refractivity contribution in [2.75, 3.05) is 20.3 Å². The van der Waals surface area contributed by atoms with E-state index in [-0.39, 0.29) is 6.10 Å². The van der Waals surface area contributed by atoms with Crippen molar-refractivity contribution in [3.63, 3.8) is 0 Å². The van der Waals surface area contributed by atoms with Gasteiger partial charge in [-0.3, -0.25) is 0 Å². The molecule has 1 atom stereocenters. The SMILES string of the molecule is C=C(C)COc1c(CNCc2noc(C3CCCO3)n2)cccc1OC. The van der Waals surface area contributed by atoms with Crippen LogP contribution in [-0.4, -0.2) is 30.5 Å². The van der Waals surface area contributed by atoms with Crippen molar-refractivity contribution in [3.8, 4) is 11.5 Å². The Hall–Kier alpha value is -2.38. The van der Waals surface area contributed by atoms with Crippen molar-refractivity contribution in [3.05, 3.63) is 47.6 Å². The van der Waals surface area contributed by atoms with Crippen molar-refractivity contribution >= 4 is 0 Å². The highest BCUT2D eigenvalue weighted by atomic mass is 16.5. The highest BCUT2D eigenvalue weighted by molar-refractivity contribution is 5.46. The molecule has 0 saturated carbocycles. The molecule has 3 rings (SSSR count). The Labute approximate surface area is 153 Å². The third-order valence-corrected chi connectivity index (χ3v) is 4.03. The van der Waals surface area contributed by atoms with E-state index in [2.05, 4.69) is 22.0 Å². The van der Waals surface area contributed by atoms with Crippen molar-refractivity contribution in [2.24, 2.45) is 0 Å². The highest BCUT2D eigenvalue weighted by Gasteiger charge is 2.23. The number of hydrogen-bond acceptors (Lipinski definition) is 7. The molecular formula is C19H25N3O4. The van der Waals surface area contributed by atoms with Crippen LogP contribution in [0.5, 0.6) is 11.5 Å². The second-order valence-corrected chi connectivity index (χ2v) is 6.35. The van der Waals surface area contributed by atoms with Crippen LogP contribution < -0.4 is 14.8 Å². The summed E-state index contributed by atoms with van der Waals surface area (Å²) in [5.41, 5.74) is 1.94. The molecular weight excluding hydrogens is 334 g/mol. The third-order valence-electron chi connectivity index (χ3n) is 4.03. The lowest BCUT2D eigenvalue weighted by Crippen LogP contribution is -2.15. The largest absolute Gasteiger partial charge is 0.493 e. The molecule has 2 aromatic rings. The smallest absolute Gasteiger partial charge is 0.255 e. The van der Waals surface area contributed by atoms with E-state index >= 15 is 0 Å². The minimum atomic E-state index is -0.0585. The number of nitrogens with one attached hydrogen (secondary N) is 1. The molecule has 0 amide bonds. The number of benzene rings is 1. The van der Waals surface area contributed by atoms with Gasteiger partial charge in [-0.15, -0.1) is 0 Å². The summed E-state index contributed by atoms with van der Waals surface area (Å²) in [6, 6.07) is 5.81. The van der Waals surface area contributed by atoms with Crippen LogP contribution in [0.15, 0.2) is 34.9 Å². The van der Waals surface area contributed by atoms with Crippen LogP contribution in [0.4, 0.5) is 0 Å². The van der Waals surface area contributed by atoms with Crippen LogP contribution in [0.2, 0.25) is 0 Å². The molecule has 1 unspecified atom stereocenters. The number of rotatable bonds is 9. The van der Waals surface area contributed by atoms with E-state index in [0.717, 1.165) is 36.3 Å². The van der Waals surface area contributed by atoms with Crippen LogP contribution in [0, 0.1) is 0 Å². The minimum Gasteiger partial charge on any atom is -0.493 e. The van der Waals surface area contributed by atoms with Crippen molar-refractivity contribution < 1.29 is 18.7 Å². The first kappa shape index (κ1) is 18.4. The zero-order chi connectivity index (χ0) is 18.4. The second kappa shape index (κ2) is 8.82. The fourth-order valence-electron chi connectivity index (χ4n) is 2.77. The zero-order valence-electron chi connectivity index (χ0n) is 15.3. The molecule has 1 aromatic carbocycles. The van der Waals surface area contributed by atoms with Crippen LogP contribution in [0.3, 0.4) is 0 Å². The Morgan fingerprint density at radius 2 is 2.27 bits per heavy atom. The van der Waals surface area contributed by atoms with Gasteiger partial charge in [0.25, 0.3) is 5.89 Å². The van der Waals surface area contributed by atoms with Gasteiger partial charge in [-0.25, -0.2) is 0 Å². The van der Waals surface area contributed by atoms with Crippen molar-refractivity contribution in [2.45, 2.75) is 39.0 Å². The molecule has 140 valence electrons. The van der Waals surface area contributed by atoms with Gasteiger partial charge in [0.05, 0.1) is 13.7 Å². The first-order valence-electron chi connectivity index (χ1n) is 8.75. The van der Waals surface area contributed by atoms with Crippen molar-refractivity contribution in [1.82, 2.24) is 15.5 Å². The maximum absolute atomic E-state index is 5.86. The molecule has 0 bridgehead atoms. The molecule has 1 fully saturated rings. The summed E-state index contributed by atoms with van der Waals surface area (Å²) in [5, 5.41) is 7.33. The fourth-order valence-corrected chi connectivity index (χ4v) is 2.77. The Balaban J connectivity index is 1.59. The molecule has 7 nitrogen and oxygen atoms in total. The second-order valence-electron chi connectivity index (χ2n) is 6.35. The van der Waals surface area contributed by atoms with E-state index < -0.39 is 0 Å². The summed E-state index contributed by atoms with van der Waals surface area (Å²) in [6.07, 6.45) is 1.91. The Morgan fingerprint density at radius 3 is 3.00 bits per heavy atom. The molecule has 0 radical (unpaired) electrons. The van der Waals surface area contributed by atoms with Gasteiger partial charge in [0.1, 0.15) is 12.7 Å². The Bertz CT molecular complexity index is 738. The van der Waals surface area contributed by atoms with Crippen LogP contribution in [-0.2, 0) is 17.8 Å². The lowest BCUT2D eigenvalue weighted by molar-refractivity contribution is 0.0835. The number of ether oxygens (including phenoxy) is 3. The van der Waals surface area contributed by atoms with Gasteiger partial charge < -0.3 is 24.1 Å². The molecule has 1 saturated heterocycles. The monoisotopic (exact) mass is 359 g/mol. The molecule has 1 aliphatic rings. The quantitative estimate of drug-likeness (QED) is 0.689. The van der Waals surface area contributed by atoms with Gasteiger partial charge in [0.15, 0.2) is 17.3 Å². The fraction of sp³-hybridized carbons (Fsp3) is 0.474. The molecule has 26 heavy (non-hydrogen) atoms. The number of nitrogens with zero attached hydrogens (tertiary/aromatic N) is 2. The molecule has 0 aliphatic carbocycles. The van der Waals surface area contributed by atoms with E-state index in [9.17, 15) is 0 Å². The van der Waals surface area contributed by atoms with Crippen LogP contribution >= 0.6 is 0 Å². The van der Waals surface area contributed by atoms with Gasteiger partial charge in [-0.05, 0) is 31.4 Å². The number of hydrogen-bond donors (Lipinski definition) is 1. The number of para-hydroxylation sites is 1.